The standard InChI is InChI=1S/C26H28N4O3S/c1-26(2,3)33-25(31)30-15-17-10-18(30)14-29(17)13-16-12-27-22-11-19(8-9-20(16)22)32-24-28-21-6-4-5-7-23(21)34-24/h4-9,11-12,17-18,27H,10,13-15H2,1-3H3/t17-,18-/m0/s1. The van der Waals surface area contributed by atoms with Crippen LogP contribution in [0.15, 0.2) is 48.7 Å². The molecule has 2 aliphatic heterocycles. The van der Waals surface area contributed by atoms with E-state index in [0.717, 1.165) is 47.5 Å². The molecule has 2 aromatic carbocycles. The number of carbonyl (C=O) groups is 1. The molecule has 2 fully saturated rings. The van der Waals surface area contributed by atoms with Crippen molar-refractivity contribution in [3.05, 3.63) is 54.2 Å². The van der Waals surface area contributed by atoms with E-state index in [2.05, 4.69) is 33.2 Å². The van der Waals surface area contributed by atoms with Crippen LogP contribution in [0.3, 0.4) is 0 Å². The van der Waals surface area contributed by atoms with Crippen LogP contribution in [0.1, 0.15) is 32.8 Å². The number of H-pyrrole nitrogens is 1. The maximum Gasteiger partial charge on any atom is 0.410 e. The molecule has 4 aromatic rings. The van der Waals surface area contributed by atoms with Crippen LogP contribution in [0.5, 0.6) is 10.9 Å². The van der Waals surface area contributed by atoms with E-state index in [9.17, 15) is 4.79 Å². The predicted molar refractivity (Wildman–Crippen MR) is 134 cm³/mol. The van der Waals surface area contributed by atoms with E-state index in [1.165, 1.54) is 10.9 Å². The number of piperazine rings is 1. The molecule has 176 valence electrons. The molecule has 2 bridgehead atoms. The number of thiazole rings is 1. The van der Waals surface area contributed by atoms with Gasteiger partial charge in [0.1, 0.15) is 11.4 Å². The number of carbonyl (C=O) groups excluding carboxylic acids is 1. The summed E-state index contributed by atoms with van der Waals surface area (Å²) in [6.07, 6.45) is 2.92. The van der Waals surface area contributed by atoms with E-state index in [4.69, 9.17) is 9.47 Å². The Kier molecular flexibility index (Phi) is 5.04. The number of benzene rings is 2. The first-order valence-corrected chi connectivity index (χ1v) is 12.5. The fraction of sp³-hybridized carbons (Fsp3) is 0.385. The first kappa shape index (κ1) is 21.4. The van der Waals surface area contributed by atoms with E-state index in [-0.39, 0.29) is 12.1 Å². The second kappa shape index (κ2) is 7.99. The Morgan fingerprint density at radius 3 is 2.79 bits per heavy atom. The maximum absolute atomic E-state index is 12.5. The van der Waals surface area contributed by atoms with Crippen LogP contribution in [-0.2, 0) is 11.3 Å². The smallest absolute Gasteiger partial charge is 0.410 e. The molecule has 34 heavy (non-hydrogen) atoms. The van der Waals surface area contributed by atoms with Crippen LogP contribution in [-0.4, -0.2) is 56.6 Å². The van der Waals surface area contributed by atoms with Gasteiger partial charge in [0.25, 0.3) is 5.19 Å². The summed E-state index contributed by atoms with van der Waals surface area (Å²) in [5.41, 5.74) is 2.81. The Labute approximate surface area is 202 Å². The maximum atomic E-state index is 12.5. The summed E-state index contributed by atoms with van der Waals surface area (Å²) in [4.78, 5) is 24.9. The van der Waals surface area contributed by atoms with Gasteiger partial charge in [0.05, 0.1) is 10.2 Å². The van der Waals surface area contributed by atoms with Gasteiger partial charge in [0.15, 0.2) is 0 Å². The second-order valence-electron chi connectivity index (χ2n) is 10.2. The number of nitrogens with one attached hydrogen (secondary N) is 1. The van der Waals surface area contributed by atoms with Gasteiger partial charge in [-0.3, -0.25) is 4.90 Å². The molecule has 8 heteroatoms. The van der Waals surface area contributed by atoms with Crippen LogP contribution < -0.4 is 4.74 Å². The van der Waals surface area contributed by atoms with Crippen LogP contribution in [0.4, 0.5) is 4.79 Å². The molecule has 0 radical (unpaired) electrons. The van der Waals surface area contributed by atoms with Crippen LogP contribution in [0.25, 0.3) is 21.1 Å². The third kappa shape index (κ3) is 4.01. The molecule has 7 nitrogen and oxygen atoms in total. The largest absolute Gasteiger partial charge is 0.444 e. The van der Waals surface area contributed by atoms with E-state index in [1.54, 1.807) is 11.3 Å². The predicted octanol–water partition coefficient (Wildman–Crippen LogP) is 5.76. The van der Waals surface area contributed by atoms with Gasteiger partial charge in [0.2, 0.25) is 0 Å². The molecule has 1 amide bonds. The lowest BCUT2D eigenvalue weighted by Crippen LogP contribution is -2.49. The molecule has 2 atom stereocenters. The van der Waals surface area contributed by atoms with E-state index in [0.29, 0.717) is 11.2 Å². The molecule has 0 aliphatic carbocycles. The van der Waals surface area contributed by atoms with E-state index in [1.807, 2.05) is 56.0 Å². The van der Waals surface area contributed by atoms with Crippen molar-refractivity contribution < 1.29 is 14.3 Å². The summed E-state index contributed by atoms with van der Waals surface area (Å²) in [6.45, 7) is 8.23. The van der Waals surface area contributed by atoms with Crippen molar-refractivity contribution in [1.82, 2.24) is 19.8 Å². The SMILES string of the molecule is CC(C)(C)OC(=O)N1C[C@@H]2C[C@H]1CN2Cc1c[nH]c2cc(Oc3nc4ccccc4s3)ccc12. The fourth-order valence-electron chi connectivity index (χ4n) is 5.06. The number of fused-ring (bicyclic) bond motifs is 4. The van der Waals surface area contributed by atoms with Gasteiger partial charge < -0.3 is 19.4 Å². The Balaban J connectivity index is 1.13. The van der Waals surface area contributed by atoms with Crippen molar-refractivity contribution in [2.75, 3.05) is 13.1 Å². The van der Waals surface area contributed by atoms with Crippen LogP contribution in [0.2, 0.25) is 0 Å². The van der Waals surface area contributed by atoms with Crippen molar-refractivity contribution in [2.24, 2.45) is 0 Å². The van der Waals surface area contributed by atoms with Crippen molar-refractivity contribution in [2.45, 2.75) is 51.4 Å². The highest BCUT2D eigenvalue weighted by molar-refractivity contribution is 7.20. The fourth-order valence-corrected chi connectivity index (χ4v) is 5.90. The minimum absolute atomic E-state index is 0.188. The van der Waals surface area contributed by atoms with Gasteiger partial charge in [-0.25, -0.2) is 9.78 Å². The van der Waals surface area contributed by atoms with Gasteiger partial charge in [-0.15, -0.1) is 0 Å². The monoisotopic (exact) mass is 476 g/mol. The summed E-state index contributed by atoms with van der Waals surface area (Å²) >= 11 is 1.55. The number of nitrogens with zero attached hydrogens (tertiary/aromatic N) is 3. The van der Waals surface area contributed by atoms with E-state index < -0.39 is 5.60 Å². The summed E-state index contributed by atoms with van der Waals surface area (Å²) in [5.74, 6) is 0.771. The molecular weight excluding hydrogens is 448 g/mol. The van der Waals surface area contributed by atoms with Gasteiger partial charge in [-0.2, -0.15) is 0 Å². The average Bonchev–Trinajstić information content (AvgIpc) is 3.55. The molecule has 0 unspecified atom stereocenters. The van der Waals surface area contributed by atoms with Gasteiger partial charge in [-0.1, -0.05) is 23.5 Å². The average molecular weight is 477 g/mol. The highest BCUT2D eigenvalue weighted by Gasteiger charge is 2.46. The zero-order valence-electron chi connectivity index (χ0n) is 19.6. The van der Waals surface area contributed by atoms with Crippen LogP contribution >= 0.6 is 11.3 Å². The number of amides is 1. The van der Waals surface area contributed by atoms with Gasteiger partial charge in [-0.05, 0) is 57.0 Å². The van der Waals surface area contributed by atoms with Crippen molar-refractivity contribution in [3.8, 4) is 10.9 Å². The van der Waals surface area contributed by atoms with E-state index >= 15 is 0 Å². The lowest BCUT2D eigenvalue weighted by atomic mass is 10.1. The topological polar surface area (TPSA) is 70.7 Å². The Morgan fingerprint density at radius 2 is 2.03 bits per heavy atom. The quantitative estimate of drug-likeness (QED) is 0.405. The molecule has 0 saturated carbocycles. The van der Waals surface area contributed by atoms with Crippen molar-refractivity contribution in [3.63, 3.8) is 0 Å². The highest BCUT2D eigenvalue weighted by Crippen LogP contribution is 2.35. The number of rotatable bonds is 4. The minimum atomic E-state index is -0.460. The third-order valence-electron chi connectivity index (χ3n) is 6.57. The second-order valence-corrected chi connectivity index (χ2v) is 11.2. The van der Waals surface area contributed by atoms with Crippen molar-refractivity contribution >= 4 is 38.5 Å². The number of likely N-dealkylation sites (tertiary alicyclic amines) is 2. The summed E-state index contributed by atoms with van der Waals surface area (Å²) in [5, 5.41) is 1.85. The minimum Gasteiger partial charge on any atom is -0.444 e. The number of aromatic amines is 1. The number of hydrogen-bond acceptors (Lipinski definition) is 6. The molecule has 6 rings (SSSR count). The Morgan fingerprint density at radius 1 is 1.18 bits per heavy atom. The first-order chi connectivity index (χ1) is 16.3. The number of ether oxygens (including phenoxy) is 2. The third-order valence-corrected chi connectivity index (χ3v) is 7.49. The molecular formula is C26H28N4O3S. The molecule has 2 aliphatic rings. The lowest BCUT2D eigenvalue weighted by molar-refractivity contribution is 0.0124. The zero-order chi connectivity index (χ0) is 23.4. The zero-order valence-corrected chi connectivity index (χ0v) is 20.4. The number of para-hydroxylation sites is 1. The molecule has 0 spiro atoms. The van der Waals surface area contributed by atoms with Crippen molar-refractivity contribution in [1.29, 1.82) is 0 Å². The summed E-state index contributed by atoms with van der Waals surface area (Å²) in [7, 11) is 0. The number of hydrogen-bond donors (Lipinski definition) is 1. The molecule has 4 heterocycles. The molecule has 1 N–H and O–H groups in total. The normalized spacial score (nSPS) is 20.5. The molecule has 2 saturated heterocycles. The Hall–Kier alpha value is -3.10. The summed E-state index contributed by atoms with van der Waals surface area (Å²) in [6, 6.07) is 14.8. The van der Waals surface area contributed by atoms with Gasteiger partial charge in [0, 0.05) is 54.9 Å². The molecule has 2 aromatic heterocycles. The van der Waals surface area contributed by atoms with Crippen LogP contribution in [0, 0.1) is 0 Å². The summed E-state index contributed by atoms with van der Waals surface area (Å²) < 4.78 is 12.8. The number of aromatic nitrogens is 2. The lowest BCUT2D eigenvalue weighted by Gasteiger charge is -2.35. The first-order valence-electron chi connectivity index (χ1n) is 11.7. The Bertz CT molecular complexity index is 1340. The highest BCUT2D eigenvalue weighted by atomic mass is 32.1. The van der Waals surface area contributed by atoms with Gasteiger partial charge >= 0.3 is 6.09 Å².